The van der Waals surface area contributed by atoms with E-state index in [0.717, 1.165) is 6.07 Å². The summed E-state index contributed by atoms with van der Waals surface area (Å²) >= 11 is 0. The Morgan fingerprint density at radius 1 is 1.15 bits per heavy atom. The van der Waals surface area contributed by atoms with E-state index in [1.807, 2.05) is 11.8 Å². The molecule has 174 valence electrons. The Labute approximate surface area is 187 Å². The van der Waals surface area contributed by atoms with Crippen molar-refractivity contribution in [3.8, 4) is 0 Å². The van der Waals surface area contributed by atoms with Crippen LogP contribution in [0.2, 0.25) is 0 Å². The fraction of sp³-hybridized carbons (Fsp3) is 0.364. The fourth-order valence-electron chi connectivity index (χ4n) is 3.98. The van der Waals surface area contributed by atoms with E-state index in [1.54, 1.807) is 22.9 Å². The number of nitrogens with one attached hydrogen (secondary N) is 2. The lowest BCUT2D eigenvalue weighted by Crippen LogP contribution is -2.47. The molecule has 2 N–H and O–H groups in total. The zero-order valence-electron chi connectivity index (χ0n) is 17.9. The second-order valence-corrected chi connectivity index (χ2v) is 7.73. The van der Waals surface area contributed by atoms with Crippen molar-refractivity contribution < 1.29 is 18.0 Å². The van der Waals surface area contributed by atoms with E-state index in [0.29, 0.717) is 49.5 Å². The zero-order valence-corrected chi connectivity index (χ0v) is 17.9. The molecule has 33 heavy (non-hydrogen) atoms. The topological polar surface area (TPSA) is 92.2 Å². The van der Waals surface area contributed by atoms with Crippen LogP contribution in [-0.4, -0.2) is 39.7 Å². The quantitative estimate of drug-likeness (QED) is 0.621. The summed E-state index contributed by atoms with van der Waals surface area (Å²) < 4.78 is 41.0. The summed E-state index contributed by atoms with van der Waals surface area (Å²) in [5, 5.41) is 5.02. The van der Waals surface area contributed by atoms with E-state index in [-0.39, 0.29) is 17.3 Å². The maximum absolute atomic E-state index is 13.1. The van der Waals surface area contributed by atoms with Crippen LogP contribution >= 0.6 is 0 Å². The predicted molar refractivity (Wildman–Crippen MR) is 118 cm³/mol. The van der Waals surface area contributed by atoms with Crippen molar-refractivity contribution in [3.05, 3.63) is 58.5 Å². The highest BCUT2D eigenvalue weighted by molar-refractivity contribution is 5.90. The molecule has 0 bridgehead atoms. The number of carbonyl (C=O) groups is 1. The summed E-state index contributed by atoms with van der Waals surface area (Å²) in [6.45, 7) is 3.27. The van der Waals surface area contributed by atoms with Crippen molar-refractivity contribution in [1.82, 2.24) is 19.9 Å². The number of hydrogen-bond donors (Lipinski definition) is 2. The van der Waals surface area contributed by atoms with E-state index in [2.05, 4.69) is 20.6 Å². The van der Waals surface area contributed by atoms with Crippen LogP contribution in [0.1, 0.15) is 25.3 Å². The smallest absolute Gasteiger partial charge is 0.352 e. The van der Waals surface area contributed by atoms with Gasteiger partial charge in [-0.25, -0.2) is 14.8 Å². The number of aryl methyl sites for hydroxylation is 1. The first-order valence-electron chi connectivity index (χ1n) is 10.6. The van der Waals surface area contributed by atoms with Gasteiger partial charge in [0.15, 0.2) is 11.5 Å². The standard InChI is InChI=1S/C22H23F3N6O2/c1-2-31-18-17(8-5-11-26-18)28-19(20(31)32)30-12-9-14(10-13-30)27-21(33)29-16-7-4-3-6-15(16)22(23,24)25/h3-8,11,14H,2,9-10,12-13H2,1H3,(H2,27,29,33). The number of para-hydroxylation sites is 1. The van der Waals surface area contributed by atoms with Crippen molar-refractivity contribution in [1.29, 1.82) is 0 Å². The van der Waals surface area contributed by atoms with Crippen molar-refractivity contribution in [2.45, 2.75) is 38.5 Å². The molecule has 0 radical (unpaired) electrons. The number of fused-ring (bicyclic) bond motifs is 1. The number of halogens is 3. The average Bonchev–Trinajstić information content (AvgIpc) is 2.79. The molecule has 1 aliphatic heterocycles. The molecule has 2 amide bonds. The van der Waals surface area contributed by atoms with Gasteiger partial charge in [0.1, 0.15) is 5.52 Å². The Morgan fingerprint density at radius 3 is 2.58 bits per heavy atom. The zero-order chi connectivity index (χ0) is 23.6. The molecule has 0 unspecified atom stereocenters. The molecule has 11 heteroatoms. The molecule has 3 aromatic rings. The average molecular weight is 460 g/mol. The van der Waals surface area contributed by atoms with Gasteiger partial charge in [0.25, 0.3) is 5.56 Å². The lowest BCUT2D eigenvalue weighted by molar-refractivity contribution is -0.136. The summed E-state index contributed by atoms with van der Waals surface area (Å²) in [6.07, 6.45) is -1.91. The van der Waals surface area contributed by atoms with E-state index in [9.17, 15) is 22.8 Å². The van der Waals surface area contributed by atoms with Crippen LogP contribution in [0.25, 0.3) is 11.2 Å². The van der Waals surface area contributed by atoms with Gasteiger partial charge in [0.2, 0.25) is 0 Å². The highest BCUT2D eigenvalue weighted by Crippen LogP contribution is 2.34. The van der Waals surface area contributed by atoms with E-state index >= 15 is 0 Å². The number of urea groups is 1. The second kappa shape index (κ2) is 9.08. The highest BCUT2D eigenvalue weighted by Gasteiger charge is 2.34. The molecule has 1 fully saturated rings. The van der Waals surface area contributed by atoms with Crippen LogP contribution in [0.3, 0.4) is 0 Å². The lowest BCUT2D eigenvalue weighted by Gasteiger charge is -2.33. The largest absolute Gasteiger partial charge is 0.418 e. The van der Waals surface area contributed by atoms with Gasteiger partial charge in [0.05, 0.1) is 11.3 Å². The highest BCUT2D eigenvalue weighted by atomic mass is 19.4. The number of carbonyl (C=O) groups excluding carboxylic acids is 1. The summed E-state index contributed by atoms with van der Waals surface area (Å²) in [5.41, 5.74) is -0.275. The van der Waals surface area contributed by atoms with Gasteiger partial charge in [-0.2, -0.15) is 13.2 Å². The molecule has 0 atom stereocenters. The number of alkyl halides is 3. The van der Waals surface area contributed by atoms with Crippen LogP contribution < -0.4 is 21.1 Å². The minimum atomic E-state index is -4.57. The summed E-state index contributed by atoms with van der Waals surface area (Å²) in [5.74, 6) is 0.333. The minimum Gasteiger partial charge on any atom is -0.352 e. The number of piperidine rings is 1. The number of amides is 2. The summed E-state index contributed by atoms with van der Waals surface area (Å²) in [6, 6.07) is 7.45. The third-order valence-corrected chi connectivity index (χ3v) is 5.61. The Balaban J connectivity index is 1.42. The molecule has 1 aromatic carbocycles. The number of aromatic nitrogens is 3. The van der Waals surface area contributed by atoms with E-state index in [1.165, 1.54) is 18.2 Å². The molecule has 2 aromatic heterocycles. The fourth-order valence-corrected chi connectivity index (χ4v) is 3.98. The van der Waals surface area contributed by atoms with Gasteiger partial charge in [-0.15, -0.1) is 0 Å². The van der Waals surface area contributed by atoms with Crippen LogP contribution in [0.15, 0.2) is 47.4 Å². The van der Waals surface area contributed by atoms with Crippen molar-refractivity contribution in [3.63, 3.8) is 0 Å². The van der Waals surface area contributed by atoms with Crippen LogP contribution in [0, 0.1) is 0 Å². The first-order chi connectivity index (χ1) is 15.8. The monoisotopic (exact) mass is 460 g/mol. The number of benzene rings is 1. The molecule has 0 aliphatic carbocycles. The number of pyridine rings is 1. The van der Waals surface area contributed by atoms with Crippen LogP contribution in [0.4, 0.5) is 29.5 Å². The molecule has 4 rings (SSSR count). The van der Waals surface area contributed by atoms with Gasteiger partial charge in [0, 0.05) is 31.9 Å². The molecular weight excluding hydrogens is 437 g/mol. The van der Waals surface area contributed by atoms with Gasteiger partial charge in [-0.1, -0.05) is 12.1 Å². The number of nitrogens with zero attached hydrogens (tertiary/aromatic N) is 4. The van der Waals surface area contributed by atoms with Gasteiger partial charge in [-0.3, -0.25) is 9.36 Å². The maximum atomic E-state index is 13.1. The number of rotatable bonds is 4. The van der Waals surface area contributed by atoms with Gasteiger partial charge >= 0.3 is 12.2 Å². The Hall–Kier alpha value is -3.63. The van der Waals surface area contributed by atoms with Crippen LogP contribution in [-0.2, 0) is 12.7 Å². The minimum absolute atomic E-state index is 0.225. The second-order valence-electron chi connectivity index (χ2n) is 7.73. The Bertz CT molecular complexity index is 1220. The molecule has 0 saturated carbocycles. The maximum Gasteiger partial charge on any atom is 0.418 e. The summed E-state index contributed by atoms with van der Waals surface area (Å²) in [4.78, 5) is 35.9. The Morgan fingerprint density at radius 2 is 1.88 bits per heavy atom. The van der Waals surface area contributed by atoms with E-state index < -0.39 is 17.8 Å². The predicted octanol–water partition coefficient (Wildman–Crippen LogP) is 3.62. The van der Waals surface area contributed by atoms with Gasteiger partial charge in [-0.05, 0) is 44.0 Å². The normalized spacial score (nSPS) is 15.0. The molecule has 1 aliphatic rings. The first kappa shape index (κ1) is 22.6. The SMILES string of the molecule is CCn1c(=O)c(N2CCC(NC(=O)Nc3ccccc3C(F)(F)F)CC2)nc2cccnc21. The molecular formula is C22H23F3N6O2. The van der Waals surface area contributed by atoms with Crippen molar-refractivity contribution >= 4 is 28.7 Å². The third kappa shape index (κ3) is 4.76. The van der Waals surface area contributed by atoms with Crippen molar-refractivity contribution in [2.24, 2.45) is 0 Å². The van der Waals surface area contributed by atoms with E-state index in [4.69, 9.17) is 0 Å². The third-order valence-electron chi connectivity index (χ3n) is 5.61. The lowest BCUT2D eigenvalue weighted by atomic mass is 10.1. The Kier molecular flexibility index (Phi) is 6.21. The summed E-state index contributed by atoms with van der Waals surface area (Å²) in [7, 11) is 0. The molecule has 8 nitrogen and oxygen atoms in total. The first-order valence-corrected chi connectivity index (χ1v) is 10.6. The van der Waals surface area contributed by atoms with Crippen LogP contribution in [0.5, 0.6) is 0 Å². The van der Waals surface area contributed by atoms with Crippen molar-refractivity contribution in [2.75, 3.05) is 23.3 Å². The molecule has 1 saturated heterocycles. The molecule has 3 heterocycles. The number of anilines is 2. The molecule has 0 spiro atoms. The number of hydrogen-bond acceptors (Lipinski definition) is 5. The van der Waals surface area contributed by atoms with Gasteiger partial charge < -0.3 is 15.5 Å².